The molecule has 0 aliphatic carbocycles. The zero-order valence-corrected chi connectivity index (χ0v) is 12.1. The van der Waals surface area contributed by atoms with Crippen molar-refractivity contribution in [3.63, 3.8) is 0 Å². The van der Waals surface area contributed by atoms with Crippen LogP contribution in [0.15, 0.2) is 23.4 Å². The van der Waals surface area contributed by atoms with E-state index in [2.05, 4.69) is 15.0 Å². The van der Waals surface area contributed by atoms with Crippen molar-refractivity contribution in [1.29, 1.82) is 0 Å². The lowest BCUT2D eigenvalue weighted by Gasteiger charge is -2.24. The number of pyridine rings is 1. The third kappa shape index (κ3) is 3.68. The van der Waals surface area contributed by atoms with Crippen LogP contribution < -0.4 is 10.0 Å². The van der Waals surface area contributed by atoms with Crippen molar-refractivity contribution in [2.45, 2.75) is 44.6 Å². The Bertz CT molecular complexity index is 498. The number of aromatic nitrogens is 1. The van der Waals surface area contributed by atoms with Crippen molar-refractivity contribution in [2.75, 3.05) is 11.9 Å². The summed E-state index contributed by atoms with van der Waals surface area (Å²) in [5, 5.41) is 3.03. The molecule has 102 valence electrons. The SMILES string of the molecule is CCNc1ccncc1S(=O)(=O)NC(C)(C)CC. The van der Waals surface area contributed by atoms with Gasteiger partial charge in [0.1, 0.15) is 4.90 Å². The summed E-state index contributed by atoms with van der Waals surface area (Å²) in [7, 11) is -3.56. The Morgan fingerprint density at radius 2 is 2.00 bits per heavy atom. The topological polar surface area (TPSA) is 71.1 Å². The predicted octanol–water partition coefficient (Wildman–Crippen LogP) is 1.98. The van der Waals surface area contributed by atoms with Gasteiger partial charge in [0.15, 0.2) is 0 Å². The molecule has 5 nitrogen and oxygen atoms in total. The summed E-state index contributed by atoms with van der Waals surface area (Å²) in [6, 6.07) is 1.66. The lowest BCUT2D eigenvalue weighted by Crippen LogP contribution is -2.42. The summed E-state index contributed by atoms with van der Waals surface area (Å²) in [5.74, 6) is 0. The number of nitrogens with one attached hydrogen (secondary N) is 2. The number of rotatable bonds is 6. The molecule has 0 aliphatic heterocycles. The highest BCUT2D eigenvalue weighted by molar-refractivity contribution is 7.89. The van der Waals surface area contributed by atoms with Crippen molar-refractivity contribution in [2.24, 2.45) is 0 Å². The van der Waals surface area contributed by atoms with Gasteiger partial charge < -0.3 is 5.32 Å². The number of sulfonamides is 1. The second kappa shape index (κ2) is 5.67. The van der Waals surface area contributed by atoms with Crippen LogP contribution in [-0.4, -0.2) is 25.5 Å². The van der Waals surface area contributed by atoms with Gasteiger partial charge in [-0.3, -0.25) is 4.98 Å². The van der Waals surface area contributed by atoms with Crippen LogP contribution >= 0.6 is 0 Å². The van der Waals surface area contributed by atoms with Crippen molar-refractivity contribution in [3.05, 3.63) is 18.5 Å². The molecule has 0 aromatic carbocycles. The van der Waals surface area contributed by atoms with Crippen LogP contribution in [0.3, 0.4) is 0 Å². The minimum Gasteiger partial charge on any atom is -0.384 e. The highest BCUT2D eigenvalue weighted by Gasteiger charge is 2.26. The van der Waals surface area contributed by atoms with Crippen LogP contribution in [-0.2, 0) is 10.0 Å². The smallest absolute Gasteiger partial charge is 0.244 e. The number of hydrogen-bond acceptors (Lipinski definition) is 4. The molecule has 0 atom stereocenters. The van der Waals surface area contributed by atoms with Gasteiger partial charge in [-0.1, -0.05) is 6.92 Å². The van der Waals surface area contributed by atoms with E-state index in [4.69, 9.17) is 0 Å². The molecule has 2 N–H and O–H groups in total. The fraction of sp³-hybridized carbons (Fsp3) is 0.583. The summed E-state index contributed by atoms with van der Waals surface area (Å²) in [5.41, 5.74) is 0.102. The average molecular weight is 271 g/mol. The molecule has 0 fully saturated rings. The lowest BCUT2D eigenvalue weighted by atomic mass is 10.0. The van der Waals surface area contributed by atoms with Gasteiger partial charge in [-0.05, 0) is 33.3 Å². The highest BCUT2D eigenvalue weighted by Crippen LogP contribution is 2.21. The maximum absolute atomic E-state index is 12.3. The molecule has 0 unspecified atom stereocenters. The standard InChI is InChI=1S/C12H21N3O2S/c1-5-12(3,4)15-18(16,17)11-9-13-8-7-10(11)14-6-2/h7-9,15H,5-6H2,1-4H3,(H,13,14). The van der Waals surface area contributed by atoms with Gasteiger partial charge in [0.25, 0.3) is 0 Å². The van der Waals surface area contributed by atoms with Crippen LogP contribution in [0.1, 0.15) is 34.1 Å². The number of anilines is 1. The zero-order valence-electron chi connectivity index (χ0n) is 11.3. The van der Waals surface area contributed by atoms with Crippen LogP contribution in [0, 0.1) is 0 Å². The van der Waals surface area contributed by atoms with E-state index in [0.717, 1.165) is 0 Å². The third-order valence-corrected chi connectivity index (χ3v) is 4.46. The van der Waals surface area contributed by atoms with Gasteiger partial charge in [-0.15, -0.1) is 0 Å². The molecule has 0 aliphatic rings. The molecule has 1 heterocycles. The third-order valence-electron chi connectivity index (χ3n) is 2.74. The monoisotopic (exact) mass is 271 g/mol. The Morgan fingerprint density at radius 1 is 1.33 bits per heavy atom. The first-order valence-corrected chi connectivity index (χ1v) is 7.52. The van der Waals surface area contributed by atoms with Gasteiger partial charge in [0.2, 0.25) is 10.0 Å². The van der Waals surface area contributed by atoms with Crippen LogP contribution in [0.4, 0.5) is 5.69 Å². The van der Waals surface area contributed by atoms with Crippen LogP contribution in [0.5, 0.6) is 0 Å². The molecule has 18 heavy (non-hydrogen) atoms. The van der Waals surface area contributed by atoms with Crippen LogP contribution in [0.2, 0.25) is 0 Å². The first-order valence-electron chi connectivity index (χ1n) is 6.04. The summed E-state index contributed by atoms with van der Waals surface area (Å²) >= 11 is 0. The normalized spacial score (nSPS) is 12.4. The molecule has 6 heteroatoms. The van der Waals surface area contributed by atoms with Crippen molar-refractivity contribution < 1.29 is 8.42 Å². The molecule has 0 saturated heterocycles. The van der Waals surface area contributed by atoms with E-state index in [0.29, 0.717) is 18.7 Å². The van der Waals surface area contributed by atoms with E-state index in [9.17, 15) is 8.42 Å². The van der Waals surface area contributed by atoms with E-state index >= 15 is 0 Å². The van der Waals surface area contributed by atoms with Gasteiger partial charge in [-0.25, -0.2) is 13.1 Å². The second-order valence-electron chi connectivity index (χ2n) is 4.75. The van der Waals surface area contributed by atoms with E-state index in [-0.39, 0.29) is 4.90 Å². The number of nitrogens with zero attached hydrogens (tertiary/aromatic N) is 1. The molecule has 0 radical (unpaired) electrons. The van der Waals surface area contributed by atoms with Crippen molar-refractivity contribution in [3.8, 4) is 0 Å². The van der Waals surface area contributed by atoms with Crippen LogP contribution in [0.25, 0.3) is 0 Å². The lowest BCUT2D eigenvalue weighted by molar-refractivity contribution is 0.439. The highest BCUT2D eigenvalue weighted by atomic mass is 32.2. The molecule has 1 aromatic rings. The first kappa shape index (κ1) is 14.9. The van der Waals surface area contributed by atoms with E-state index in [1.54, 1.807) is 12.3 Å². The predicted molar refractivity (Wildman–Crippen MR) is 73.1 cm³/mol. The van der Waals surface area contributed by atoms with Gasteiger partial charge >= 0.3 is 0 Å². The minimum absolute atomic E-state index is 0.188. The maximum atomic E-state index is 12.3. The summed E-state index contributed by atoms with van der Waals surface area (Å²) in [6.45, 7) is 8.22. The first-order chi connectivity index (χ1) is 8.32. The fourth-order valence-corrected chi connectivity index (χ4v) is 3.03. The fourth-order valence-electron chi connectivity index (χ4n) is 1.42. The largest absolute Gasteiger partial charge is 0.384 e. The Morgan fingerprint density at radius 3 is 2.56 bits per heavy atom. The van der Waals surface area contributed by atoms with E-state index in [1.807, 2.05) is 27.7 Å². The molecule has 0 amide bonds. The molecule has 0 bridgehead atoms. The van der Waals surface area contributed by atoms with Gasteiger partial charge in [-0.2, -0.15) is 0 Å². The zero-order chi connectivity index (χ0) is 13.8. The maximum Gasteiger partial charge on any atom is 0.244 e. The molecule has 1 aromatic heterocycles. The van der Waals surface area contributed by atoms with E-state index < -0.39 is 15.6 Å². The van der Waals surface area contributed by atoms with Crippen molar-refractivity contribution >= 4 is 15.7 Å². The quantitative estimate of drug-likeness (QED) is 0.830. The van der Waals surface area contributed by atoms with Crippen molar-refractivity contribution in [1.82, 2.24) is 9.71 Å². The number of hydrogen-bond donors (Lipinski definition) is 2. The second-order valence-corrected chi connectivity index (χ2v) is 6.40. The Labute approximate surface area is 109 Å². The summed E-state index contributed by atoms with van der Waals surface area (Å²) < 4.78 is 27.3. The van der Waals surface area contributed by atoms with E-state index in [1.165, 1.54) is 6.20 Å². The molecular weight excluding hydrogens is 250 g/mol. The molecule has 0 spiro atoms. The minimum atomic E-state index is -3.56. The van der Waals surface area contributed by atoms with Gasteiger partial charge in [0.05, 0.1) is 5.69 Å². The Balaban J connectivity index is 3.13. The van der Waals surface area contributed by atoms with Gasteiger partial charge in [0, 0.05) is 24.5 Å². The summed E-state index contributed by atoms with van der Waals surface area (Å²) in [6.07, 6.45) is 3.65. The Hall–Kier alpha value is -1.14. The molecular formula is C12H21N3O2S. The Kier molecular flexibility index (Phi) is 4.70. The molecule has 0 saturated carbocycles. The molecule has 1 rings (SSSR count). The average Bonchev–Trinajstić information content (AvgIpc) is 2.29. The summed E-state index contributed by atoms with van der Waals surface area (Å²) in [4.78, 5) is 4.08.